The Balaban J connectivity index is 1.61. The van der Waals surface area contributed by atoms with Gasteiger partial charge in [0.15, 0.2) is 5.65 Å². The van der Waals surface area contributed by atoms with E-state index in [0.29, 0.717) is 37.6 Å². The summed E-state index contributed by atoms with van der Waals surface area (Å²) in [5.41, 5.74) is 5.42. The van der Waals surface area contributed by atoms with E-state index in [0.717, 1.165) is 39.1 Å². The minimum absolute atomic E-state index is 0.00671. The summed E-state index contributed by atoms with van der Waals surface area (Å²) in [6, 6.07) is 7.55. The maximum Gasteiger partial charge on any atom is 0.242 e. The molecule has 2 aromatic heterocycles. The van der Waals surface area contributed by atoms with Crippen molar-refractivity contribution in [1.82, 2.24) is 20.1 Å². The first kappa shape index (κ1) is 24.2. The van der Waals surface area contributed by atoms with Gasteiger partial charge in [0.1, 0.15) is 0 Å². The Bertz CT molecular complexity index is 1170. The maximum atomic E-state index is 12.5. The third-order valence-electron chi connectivity index (χ3n) is 5.61. The molecule has 0 bridgehead atoms. The fourth-order valence-electron chi connectivity index (χ4n) is 3.98. The van der Waals surface area contributed by atoms with Gasteiger partial charge in [-0.25, -0.2) is 9.67 Å². The van der Waals surface area contributed by atoms with Crippen molar-refractivity contribution in [3.63, 3.8) is 0 Å². The summed E-state index contributed by atoms with van der Waals surface area (Å²) >= 11 is 0. The second kappa shape index (κ2) is 10.5. The first-order chi connectivity index (χ1) is 15.7. The summed E-state index contributed by atoms with van der Waals surface area (Å²) in [6.45, 7) is 8.40. The lowest BCUT2D eigenvalue weighted by Crippen LogP contribution is -2.23. The number of hydrogen-bond donors (Lipinski definition) is 2. The number of methoxy groups -OCH3 is 1. The third kappa shape index (κ3) is 5.88. The van der Waals surface area contributed by atoms with Crippen LogP contribution in [0.4, 0.5) is 5.69 Å². The van der Waals surface area contributed by atoms with Crippen LogP contribution in [0.5, 0.6) is 5.88 Å². The Kier molecular flexibility index (Phi) is 7.68. The van der Waals surface area contributed by atoms with E-state index >= 15 is 0 Å². The van der Waals surface area contributed by atoms with Crippen LogP contribution in [0.25, 0.3) is 11.0 Å². The molecule has 2 amide bonds. The minimum Gasteiger partial charge on any atom is -0.479 e. The molecule has 0 unspecified atom stereocenters. The number of carbonyl (C=O) groups excluding carboxylic acids is 2. The molecule has 176 valence electrons. The highest BCUT2D eigenvalue weighted by atomic mass is 16.5. The van der Waals surface area contributed by atoms with Gasteiger partial charge in [0.25, 0.3) is 0 Å². The summed E-state index contributed by atoms with van der Waals surface area (Å²) in [6.07, 6.45) is 1.41. The quantitative estimate of drug-likeness (QED) is 0.515. The van der Waals surface area contributed by atoms with Crippen molar-refractivity contribution in [3.05, 3.63) is 46.6 Å². The second-order valence-corrected chi connectivity index (χ2v) is 8.76. The SMILES string of the molecule is COc1nn(C)c2nc(C)c(CCC(=O)NCc3cccc(NC(=O)CC(C)C)c3)c(C)c12. The number of aryl methyl sites for hydroxylation is 3. The lowest BCUT2D eigenvalue weighted by Gasteiger charge is -2.12. The van der Waals surface area contributed by atoms with Gasteiger partial charge in [-0.05, 0) is 55.0 Å². The molecule has 0 radical (unpaired) electrons. The molecular formula is C25H33N5O3. The van der Waals surface area contributed by atoms with Crippen LogP contribution in [0, 0.1) is 19.8 Å². The van der Waals surface area contributed by atoms with E-state index in [-0.39, 0.29) is 11.8 Å². The average Bonchev–Trinajstić information content (AvgIpc) is 3.07. The molecular weight excluding hydrogens is 418 g/mol. The summed E-state index contributed by atoms with van der Waals surface area (Å²) < 4.78 is 7.12. The zero-order valence-electron chi connectivity index (χ0n) is 20.3. The number of ether oxygens (including phenoxy) is 1. The van der Waals surface area contributed by atoms with Gasteiger partial charge in [-0.2, -0.15) is 0 Å². The van der Waals surface area contributed by atoms with Gasteiger partial charge < -0.3 is 15.4 Å². The molecule has 3 rings (SSSR count). The van der Waals surface area contributed by atoms with Crippen LogP contribution in [-0.4, -0.2) is 33.7 Å². The Morgan fingerprint density at radius 1 is 1.18 bits per heavy atom. The van der Waals surface area contributed by atoms with E-state index in [9.17, 15) is 9.59 Å². The molecule has 8 heteroatoms. The highest BCUT2D eigenvalue weighted by Gasteiger charge is 2.18. The van der Waals surface area contributed by atoms with Crippen LogP contribution in [0.15, 0.2) is 24.3 Å². The number of nitrogens with one attached hydrogen (secondary N) is 2. The van der Waals surface area contributed by atoms with Crippen molar-refractivity contribution < 1.29 is 14.3 Å². The van der Waals surface area contributed by atoms with Gasteiger partial charge in [0.05, 0.1) is 12.5 Å². The number of nitrogens with zero attached hydrogens (tertiary/aromatic N) is 3. The zero-order chi connectivity index (χ0) is 24.1. The molecule has 8 nitrogen and oxygen atoms in total. The van der Waals surface area contributed by atoms with E-state index in [1.807, 2.05) is 59.0 Å². The molecule has 2 N–H and O–H groups in total. The van der Waals surface area contributed by atoms with E-state index in [1.54, 1.807) is 11.8 Å². The topological polar surface area (TPSA) is 98.1 Å². The molecule has 33 heavy (non-hydrogen) atoms. The van der Waals surface area contributed by atoms with Gasteiger partial charge in [-0.15, -0.1) is 5.10 Å². The molecule has 0 spiro atoms. The van der Waals surface area contributed by atoms with Crippen molar-refractivity contribution >= 4 is 28.5 Å². The van der Waals surface area contributed by atoms with Crippen LogP contribution in [0.3, 0.4) is 0 Å². The number of carbonyl (C=O) groups is 2. The monoisotopic (exact) mass is 451 g/mol. The minimum atomic E-state index is -0.0405. The van der Waals surface area contributed by atoms with Crippen LogP contribution < -0.4 is 15.4 Å². The molecule has 0 aliphatic rings. The van der Waals surface area contributed by atoms with Crippen molar-refractivity contribution in [2.24, 2.45) is 13.0 Å². The predicted octanol–water partition coefficient (Wildman–Crippen LogP) is 3.83. The first-order valence-electron chi connectivity index (χ1n) is 11.2. The Morgan fingerprint density at radius 2 is 1.94 bits per heavy atom. The van der Waals surface area contributed by atoms with E-state index in [1.165, 1.54) is 0 Å². The largest absolute Gasteiger partial charge is 0.479 e. The predicted molar refractivity (Wildman–Crippen MR) is 129 cm³/mol. The van der Waals surface area contributed by atoms with Gasteiger partial charge in [0, 0.05) is 37.8 Å². The average molecular weight is 452 g/mol. The van der Waals surface area contributed by atoms with Crippen LogP contribution >= 0.6 is 0 Å². The fourth-order valence-corrected chi connectivity index (χ4v) is 3.98. The van der Waals surface area contributed by atoms with Crippen LogP contribution in [-0.2, 0) is 29.6 Å². The number of fused-ring (bicyclic) bond motifs is 1. The third-order valence-corrected chi connectivity index (χ3v) is 5.61. The lowest BCUT2D eigenvalue weighted by molar-refractivity contribution is -0.121. The summed E-state index contributed by atoms with van der Waals surface area (Å²) in [4.78, 5) is 29.2. The molecule has 3 aromatic rings. The Morgan fingerprint density at radius 3 is 2.64 bits per heavy atom. The number of hydrogen-bond acceptors (Lipinski definition) is 5. The van der Waals surface area contributed by atoms with E-state index in [2.05, 4.69) is 20.7 Å². The van der Waals surface area contributed by atoms with Gasteiger partial charge in [-0.3, -0.25) is 9.59 Å². The van der Waals surface area contributed by atoms with Gasteiger partial charge >= 0.3 is 0 Å². The molecule has 2 heterocycles. The lowest BCUT2D eigenvalue weighted by atomic mass is 10.00. The number of rotatable bonds is 9. The van der Waals surface area contributed by atoms with Crippen molar-refractivity contribution in [1.29, 1.82) is 0 Å². The number of anilines is 1. The first-order valence-corrected chi connectivity index (χ1v) is 11.2. The summed E-state index contributed by atoms with van der Waals surface area (Å²) in [5.74, 6) is 0.799. The van der Waals surface area contributed by atoms with Crippen molar-refractivity contribution in [3.8, 4) is 5.88 Å². The van der Waals surface area contributed by atoms with Crippen molar-refractivity contribution in [2.45, 2.75) is 53.5 Å². The normalized spacial score (nSPS) is 11.1. The zero-order valence-corrected chi connectivity index (χ0v) is 20.3. The van der Waals surface area contributed by atoms with Crippen molar-refractivity contribution in [2.75, 3.05) is 12.4 Å². The number of benzene rings is 1. The summed E-state index contributed by atoms with van der Waals surface area (Å²) in [5, 5.41) is 11.1. The molecule has 0 atom stereocenters. The standard InChI is InChI=1S/C25H33N5O3/c1-15(2)12-22(32)28-19-9-7-8-18(13-19)14-26-21(31)11-10-20-16(3)23-24(27-17(20)4)30(5)29-25(23)33-6/h7-9,13,15H,10-12,14H2,1-6H3,(H,26,31)(H,28,32). The Labute approximate surface area is 194 Å². The Hall–Kier alpha value is -3.42. The molecule has 0 fully saturated rings. The van der Waals surface area contributed by atoms with Gasteiger partial charge in [0.2, 0.25) is 17.7 Å². The maximum absolute atomic E-state index is 12.5. The van der Waals surface area contributed by atoms with Crippen LogP contribution in [0.2, 0.25) is 0 Å². The number of pyridine rings is 1. The fraction of sp³-hybridized carbons (Fsp3) is 0.440. The smallest absolute Gasteiger partial charge is 0.242 e. The van der Waals surface area contributed by atoms with Crippen LogP contribution in [0.1, 0.15) is 49.1 Å². The molecule has 1 aromatic carbocycles. The molecule has 0 saturated carbocycles. The van der Waals surface area contributed by atoms with Gasteiger partial charge in [-0.1, -0.05) is 26.0 Å². The highest BCUT2D eigenvalue weighted by Crippen LogP contribution is 2.30. The highest BCUT2D eigenvalue weighted by molar-refractivity contribution is 5.91. The molecule has 0 aliphatic carbocycles. The summed E-state index contributed by atoms with van der Waals surface area (Å²) in [7, 11) is 3.44. The number of amides is 2. The number of aromatic nitrogens is 3. The van der Waals surface area contributed by atoms with E-state index in [4.69, 9.17) is 4.74 Å². The second-order valence-electron chi connectivity index (χ2n) is 8.76. The van der Waals surface area contributed by atoms with E-state index < -0.39 is 0 Å². The molecule has 0 aliphatic heterocycles. The molecule has 0 saturated heterocycles.